The summed E-state index contributed by atoms with van der Waals surface area (Å²) in [6.07, 6.45) is 3.60. The first-order valence-corrected chi connectivity index (χ1v) is 7.53. The molecule has 2 heterocycles. The molecule has 0 bridgehead atoms. The molecule has 1 aliphatic heterocycles. The number of rotatable bonds is 3. The van der Waals surface area contributed by atoms with Gasteiger partial charge in [-0.2, -0.15) is 0 Å². The highest BCUT2D eigenvalue weighted by Gasteiger charge is 2.58. The number of nitrogens with one attached hydrogen (secondary N) is 1. The minimum Gasteiger partial charge on any atom is -0.477 e. The molecule has 1 aromatic rings. The normalized spacial score (nSPS) is 29.1. The van der Waals surface area contributed by atoms with E-state index in [4.69, 9.17) is 9.84 Å². The molecule has 0 radical (unpaired) electrons. The summed E-state index contributed by atoms with van der Waals surface area (Å²) >= 11 is 0. The highest BCUT2D eigenvalue weighted by atomic mass is 16.5. The van der Waals surface area contributed by atoms with Gasteiger partial charge in [-0.05, 0) is 25.0 Å². The molecule has 0 spiro atoms. The maximum Gasteiger partial charge on any atom is 0.354 e. The fraction of sp³-hybridized carbons (Fsp3) is 0.562. The predicted molar refractivity (Wildman–Crippen MR) is 78.7 cm³/mol. The molecular weight excluding hydrogens is 284 g/mol. The summed E-state index contributed by atoms with van der Waals surface area (Å²) in [5.41, 5.74) is 0.0893. The van der Waals surface area contributed by atoms with Crippen molar-refractivity contribution in [1.82, 2.24) is 10.3 Å². The first-order valence-electron chi connectivity index (χ1n) is 7.53. The number of amides is 1. The van der Waals surface area contributed by atoms with Gasteiger partial charge in [-0.3, -0.25) is 4.79 Å². The van der Waals surface area contributed by atoms with Crippen LogP contribution in [0.1, 0.15) is 47.5 Å². The van der Waals surface area contributed by atoms with Crippen molar-refractivity contribution in [3.8, 4) is 0 Å². The summed E-state index contributed by atoms with van der Waals surface area (Å²) in [5, 5.41) is 12.0. The van der Waals surface area contributed by atoms with Crippen molar-refractivity contribution in [2.45, 2.75) is 38.8 Å². The molecular formula is C16H20N2O4. The Labute approximate surface area is 128 Å². The summed E-state index contributed by atoms with van der Waals surface area (Å²) < 4.78 is 5.82. The van der Waals surface area contributed by atoms with Crippen molar-refractivity contribution >= 4 is 11.9 Å². The maximum atomic E-state index is 12.4. The van der Waals surface area contributed by atoms with Crippen LogP contribution in [0.15, 0.2) is 18.3 Å². The van der Waals surface area contributed by atoms with E-state index < -0.39 is 5.97 Å². The van der Waals surface area contributed by atoms with Crippen LogP contribution in [0.3, 0.4) is 0 Å². The Bertz CT molecular complexity index is 614. The molecule has 6 heteroatoms. The van der Waals surface area contributed by atoms with Crippen LogP contribution in [-0.4, -0.2) is 40.7 Å². The number of aromatic carboxylic acids is 1. The van der Waals surface area contributed by atoms with Crippen LogP contribution in [0.25, 0.3) is 0 Å². The van der Waals surface area contributed by atoms with Crippen molar-refractivity contribution < 1.29 is 19.4 Å². The van der Waals surface area contributed by atoms with Gasteiger partial charge in [0.2, 0.25) is 0 Å². The largest absolute Gasteiger partial charge is 0.477 e. The lowest BCUT2D eigenvalue weighted by atomic mass is 9.55. The van der Waals surface area contributed by atoms with Gasteiger partial charge in [0.1, 0.15) is 5.69 Å². The maximum absolute atomic E-state index is 12.4. The van der Waals surface area contributed by atoms with Crippen molar-refractivity contribution in [1.29, 1.82) is 0 Å². The van der Waals surface area contributed by atoms with E-state index in [1.54, 1.807) is 0 Å². The third-order valence-corrected chi connectivity index (χ3v) is 4.86. The number of nitrogens with zero attached hydrogens (tertiary/aromatic N) is 1. The Balaban J connectivity index is 1.74. The Morgan fingerprint density at radius 3 is 2.95 bits per heavy atom. The number of hydrogen-bond acceptors (Lipinski definition) is 4. The SMILES string of the molecule is CC1(C)C(NC(=O)c2ccnc(C(=O)O)c2)C2CCCOC21. The van der Waals surface area contributed by atoms with Gasteiger partial charge in [-0.1, -0.05) is 13.8 Å². The summed E-state index contributed by atoms with van der Waals surface area (Å²) in [6, 6.07) is 2.88. The zero-order valence-corrected chi connectivity index (χ0v) is 12.7. The van der Waals surface area contributed by atoms with E-state index in [-0.39, 0.29) is 29.2 Å². The van der Waals surface area contributed by atoms with E-state index >= 15 is 0 Å². The molecule has 1 aliphatic carbocycles. The molecule has 2 aliphatic rings. The van der Waals surface area contributed by atoms with Crippen LogP contribution in [0.2, 0.25) is 0 Å². The minimum atomic E-state index is -1.14. The van der Waals surface area contributed by atoms with Crippen molar-refractivity contribution in [2.75, 3.05) is 6.61 Å². The van der Waals surface area contributed by atoms with Crippen LogP contribution in [0.4, 0.5) is 0 Å². The third-order valence-electron chi connectivity index (χ3n) is 4.86. The molecule has 118 valence electrons. The fourth-order valence-corrected chi connectivity index (χ4v) is 3.73. The molecule has 1 saturated heterocycles. The lowest BCUT2D eigenvalue weighted by molar-refractivity contribution is -0.189. The predicted octanol–water partition coefficient (Wildman–Crippen LogP) is 1.71. The first-order chi connectivity index (χ1) is 10.4. The quantitative estimate of drug-likeness (QED) is 0.887. The smallest absolute Gasteiger partial charge is 0.354 e. The van der Waals surface area contributed by atoms with Crippen LogP contribution in [0, 0.1) is 11.3 Å². The first kappa shape index (κ1) is 15.0. The molecule has 3 rings (SSSR count). The average molecular weight is 304 g/mol. The van der Waals surface area contributed by atoms with Crippen molar-refractivity contribution in [2.24, 2.45) is 11.3 Å². The number of carboxylic acid groups (broad SMARTS) is 1. The minimum absolute atomic E-state index is 0.0479. The molecule has 1 aromatic heterocycles. The molecule has 2 fully saturated rings. The molecule has 1 saturated carbocycles. The number of pyridine rings is 1. The fourth-order valence-electron chi connectivity index (χ4n) is 3.73. The summed E-state index contributed by atoms with van der Waals surface area (Å²) in [6.45, 7) is 4.98. The van der Waals surface area contributed by atoms with Gasteiger partial charge < -0.3 is 15.2 Å². The van der Waals surface area contributed by atoms with Gasteiger partial charge in [0.25, 0.3) is 5.91 Å². The van der Waals surface area contributed by atoms with Gasteiger partial charge in [-0.25, -0.2) is 9.78 Å². The van der Waals surface area contributed by atoms with Crippen LogP contribution >= 0.6 is 0 Å². The second-order valence-electron chi connectivity index (χ2n) is 6.60. The van der Waals surface area contributed by atoms with E-state index in [2.05, 4.69) is 24.1 Å². The summed E-state index contributed by atoms with van der Waals surface area (Å²) in [5.74, 6) is -1.06. The number of aromatic nitrogens is 1. The Morgan fingerprint density at radius 1 is 1.45 bits per heavy atom. The van der Waals surface area contributed by atoms with Gasteiger partial charge in [-0.15, -0.1) is 0 Å². The topological polar surface area (TPSA) is 88.5 Å². The van der Waals surface area contributed by atoms with E-state index in [0.717, 1.165) is 19.4 Å². The van der Waals surface area contributed by atoms with E-state index in [9.17, 15) is 9.59 Å². The monoisotopic (exact) mass is 304 g/mol. The Hall–Kier alpha value is -1.95. The number of carboxylic acids is 1. The second-order valence-corrected chi connectivity index (χ2v) is 6.60. The highest BCUT2D eigenvalue weighted by Crippen LogP contribution is 2.51. The van der Waals surface area contributed by atoms with Gasteiger partial charge in [0, 0.05) is 35.7 Å². The lowest BCUT2D eigenvalue weighted by Gasteiger charge is -2.59. The number of ether oxygens (including phenoxy) is 1. The summed E-state index contributed by atoms with van der Waals surface area (Å²) in [7, 11) is 0. The molecule has 1 amide bonds. The Kier molecular flexibility index (Phi) is 3.64. The Morgan fingerprint density at radius 2 is 2.23 bits per heavy atom. The van der Waals surface area contributed by atoms with Gasteiger partial charge in [0.15, 0.2) is 0 Å². The second kappa shape index (κ2) is 5.35. The zero-order chi connectivity index (χ0) is 15.9. The van der Waals surface area contributed by atoms with E-state index in [0.29, 0.717) is 11.5 Å². The van der Waals surface area contributed by atoms with Crippen LogP contribution in [-0.2, 0) is 4.74 Å². The lowest BCUT2D eigenvalue weighted by Crippen LogP contribution is -2.70. The van der Waals surface area contributed by atoms with E-state index in [1.165, 1.54) is 18.3 Å². The third kappa shape index (κ3) is 2.37. The molecule has 3 atom stereocenters. The average Bonchev–Trinajstić information content (AvgIpc) is 2.52. The number of carbonyl (C=O) groups excluding carboxylic acids is 1. The standard InChI is InChI=1S/C16H20N2O4/c1-16(2)12(10-4-3-7-22-13(10)16)18-14(19)9-5-6-17-11(8-9)15(20)21/h5-6,8,10,12-13H,3-4,7H2,1-2H3,(H,18,19)(H,20,21). The number of carbonyl (C=O) groups is 2. The molecule has 6 nitrogen and oxygen atoms in total. The van der Waals surface area contributed by atoms with Crippen molar-refractivity contribution in [3.05, 3.63) is 29.6 Å². The summed E-state index contributed by atoms with van der Waals surface area (Å²) in [4.78, 5) is 27.1. The van der Waals surface area contributed by atoms with Crippen LogP contribution in [0.5, 0.6) is 0 Å². The molecule has 0 aromatic carbocycles. The number of hydrogen-bond donors (Lipinski definition) is 2. The van der Waals surface area contributed by atoms with Crippen molar-refractivity contribution in [3.63, 3.8) is 0 Å². The molecule has 3 unspecified atom stereocenters. The number of fused-ring (bicyclic) bond motifs is 1. The zero-order valence-electron chi connectivity index (χ0n) is 12.7. The molecule has 22 heavy (non-hydrogen) atoms. The molecule has 2 N–H and O–H groups in total. The van der Waals surface area contributed by atoms with Crippen LogP contribution < -0.4 is 5.32 Å². The van der Waals surface area contributed by atoms with Gasteiger partial charge >= 0.3 is 5.97 Å². The van der Waals surface area contributed by atoms with Gasteiger partial charge in [0.05, 0.1) is 6.10 Å². The van der Waals surface area contributed by atoms with E-state index in [1.807, 2.05) is 0 Å². The highest BCUT2D eigenvalue weighted by molar-refractivity contribution is 5.96.